The summed E-state index contributed by atoms with van der Waals surface area (Å²) < 4.78 is 4.72. The summed E-state index contributed by atoms with van der Waals surface area (Å²) >= 11 is 0. The van der Waals surface area contributed by atoms with E-state index in [1.165, 1.54) is 4.90 Å². The van der Waals surface area contributed by atoms with Gasteiger partial charge in [0.05, 0.1) is 17.8 Å². The molecular formula is C12H11N3O3. The number of ether oxygens (including phenoxy) is 1. The monoisotopic (exact) mass is 245 g/mol. The molecule has 6 nitrogen and oxygen atoms in total. The first-order valence-electron chi connectivity index (χ1n) is 5.41. The number of nitriles is 1. The van der Waals surface area contributed by atoms with Crippen molar-refractivity contribution in [2.24, 2.45) is 0 Å². The summed E-state index contributed by atoms with van der Waals surface area (Å²) in [5.74, 6) is -0.350. The average Bonchev–Trinajstić information content (AvgIpc) is 2.75. The standard InChI is InChI=1S/C12H11N3O3/c13-7-9-3-1-2-4-10(9)14-11(16)8-15-5-6-18-12(15)17/h1-4H,5-6,8H2,(H,14,16). The summed E-state index contributed by atoms with van der Waals surface area (Å²) in [6.45, 7) is 0.644. The van der Waals surface area contributed by atoms with Gasteiger partial charge >= 0.3 is 6.09 Å². The lowest BCUT2D eigenvalue weighted by Crippen LogP contribution is -2.33. The fraction of sp³-hybridized carbons (Fsp3) is 0.250. The Morgan fingerprint density at radius 1 is 1.50 bits per heavy atom. The van der Waals surface area contributed by atoms with Crippen LogP contribution in [0.3, 0.4) is 0 Å². The van der Waals surface area contributed by atoms with E-state index in [1.807, 2.05) is 6.07 Å². The van der Waals surface area contributed by atoms with Crippen molar-refractivity contribution in [1.82, 2.24) is 4.90 Å². The molecule has 1 aromatic rings. The number of carbonyl (C=O) groups excluding carboxylic acids is 2. The molecule has 92 valence electrons. The summed E-state index contributed by atoms with van der Waals surface area (Å²) in [5.41, 5.74) is 0.826. The number of nitrogens with zero attached hydrogens (tertiary/aromatic N) is 2. The topological polar surface area (TPSA) is 82.4 Å². The third-order valence-electron chi connectivity index (χ3n) is 2.50. The third kappa shape index (κ3) is 2.58. The van der Waals surface area contributed by atoms with E-state index in [2.05, 4.69) is 5.32 Å². The smallest absolute Gasteiger partial charge is 0.410 e. The Morgan fingerprint density at radius 3 is 2.94 bits per heavy atom. The minimum atomic E-state index is -0.487. The quantitative estimate of drug-likeness (QED) is 0.859. The van der Waals surface area contributed by atoms with E-state index >= 15 is 0 Å². The van der Waals surface area contributed by atoms with Crippen molar-refractivity contribution < 1.29 is 14.3 Å². The van der Waals surface area contributed by atoms with Gasteiger partial charge in [0.2, 0.25) is 5.91 Å². The van der Waals surface area contributed by atoms with Gasteiger partial charge in [-0.05, 0) is 12.1 Å². The zero-order chi connectivity index (χ0) is 13.0. The molecule has 0 spiro atoms. The zero-order valence-electron chi connectivity index (χ0n) is 9.55. The molecule has 1 aliphatic rings. The molecule has 1 aliphatic heterocycles. The van der Waals surface area contributed by atoms with Crippen LogP contribution in [0.15, 0.2) is 24.3 Å². The van der Waals surface area contributed by atoms with Gasteiger partial charge < -0.3 is 10.1 Å². The van der Waals surface area contributed by atoms with Crippen LogP contribution in [0.5, 0.6) is 0 Å². The van der Waals surface area contributed by atoms with Crippen LogP contribution in [0.1, 0.15) is 5.56 Å². The number of hydrogen-bond donors (Lipinski definition) is 1. The number of rotatable bonds is 3. The number of benzene rings is 1. The van der Waals surface area contributed by atoms with Crippen LogP contribution in [0.4, 0.5) is 10.5 Å². The highest BCUT2D eigenvalue weighted by atomic mass is 16.6. The SMILES string of the molecule is N#Cc1ccccc1NC(=O)CN1CCOC1=O. The first kappa shape index (κ1) is 11.9. The van der Waals surface area contributed by atoms with Gasteiger partial charge in [-0.2, -0.15) is 5.26 Å². The van der Waals surface area contributed by atoms with E-state index in [9.17, 15) is 9.59 Å². The van der Waals surface area contributed by atoms with Crippen molar-refractivity contribution >= 4 is 17.7 Å². The van der Waals surface area contributed by atoms with E-state index in [0.29, 0.717) is 24.4 Å². The van der Waals surface area contributed by atoms with Crippen LogP contribution >= 0.6 is 0 Å². The van der Waals surface area contributed by atoms with Crippen LogP contribution < -0.4 is 5.32 Å². The average molecular weight is 245 g/mol. The van der Waals surface area contributed by atoms with Gasteiger partial charge in [0.1, 0.15) is 19.2 Å². The van der Waals surface area contributed by atoms with Gasteiger partial charge in [0.15, 0.2) is 0 Å². The summed E-state index contributed by atoms with van der Waals surface area (Å²) in [5, 5.41) is 11.5. The minimum Gasteiger partial charge on any atom is -0.448 e. The summed E-state index contributed by atoms with van der Waals surface area (Å²) in [6.07, 6.45) is -0.487. The molecular weight excluding hydrogens is 234 g/mol. The summed E-state index contributed by atoms with van der Waals surface area (Å²) in [6, 6.07) is 8.67. The minimum absolute atomic E-state index is 0.0708. The molecule has 1 aromatic carbocycles. The first-order chi connectivity index (χ1) is 8.70. The van der Waals surface area contributed by atoms with Gasteiger partial charge in [-0.25, -0.2) is 4.79 Å². The van der Waals surface area contributed by atoms with E-state index in [4.69, 9.17) is 10.00 Å². The Hall–Kier alpha value is -2.55. The third-order valence-corrected chi connectivity index (χ3v) is 2.50. The second kappa shape index (κ2) is 5.19. The molecule has 0 aliphatic carbocycles. The zero-order valence-corrected chi connectivity index (χ0v) is 9.55. The van der Waals surface area contributed by atoms with Crippen molar-refractivity contribution in [2.45, 2.75) is 0 Å². The van der Waals surface area contributed by atoms with E-state index in [-0.39, 0.29) is 12.5 Å². The van der Waals surface area contributed by atoms with Crippen LogP contribution in [0.25, 0.3) is 0 Å². The molecule has 2 amide bonds. The number of amides is 2. The van der Waals surface area contributed by atoms with Crippen molar-refractivity contribution in [2.75, 3.05) is 25.0 Å². The van der Waals surface area contributed by atoms with Crippen LogP contribution in [0, 0.1) is 11.3 Å². The highest BCUT2D eigenvalue weighted by Gasteiger charge is 2.24. The van der Waals surface area contributed by atoms with Gasteiger partial charge in [-0.15, -0.1) is 0 Å². The number of para-hydroxylation sites is 1. The van der Waals surface area contributed by atoms with Gasteiger partial charge in [0.25, 0.3) is 0 Å². The molecule has 18 heavy (non-hydrogen) atoms. The maximum absolute atomic E-state index is 11.7. The lowest BCUT2D eigenvalue weighted by molar-refractivity contribution is -0.116. The molecule has 0 aromatic heterocycles. The molecule has 1 N–H and O–H groups in total. The number of anilines is 1. The molecule has 0 atom stereocenters. The fourth-order valence-electron chi connectivity index (χ4n) is 1.62. The van der Waals surface area contributed by atoms with Gasteiger partial charge in [-0.1, -0.05) is 12.1 Å². The Balaban J connectivity index is 1.99. The molecule has 1 fully saturated rings. The number of hydrogen-bond acceptors (Lipinski definition) is 4. The van der Waals surface area contributed by atoms with Crippen LogP contribution in [-0.2, 0) is 9.53 Å². The number of carbonyl (C=O) groups is 2. The van der Waals surface area contributed by atoms with Crippen molar-refractivity contribution in [3.05, 3.63) is 29.8 Å². The lowest BCUT2D eigenvalue weighted by Gasteiger charge is -2.12. The van der Waals surface area contributed by atoms with E-state index in [1.54, 1.807) is 24.3 Å². The Labute approximate surface area is 104 Å². The maximum Gasteiger partial charge on any atom is 0.410 e. The second-order valence-electron chi connectivity index (χ2n) is 3.74. The van der Waals surface area contributed by atoms with Crippen LogP contribution in [-0.4, -0.2) is 36.6 Å². The Morgan fingerprint density at radius 2 is 2.28 bits per heavy atom. The molecule has 0 radical (unpaired) electrons. The molecule has 0 saturated carbocycles. The molecule has 1 heterocycles. The van der Waals surface area contributed by atoms with Gasteiger partial charge in [0, 0.05) is 0 Å². The van der Waals surface area contributed by atoms with Crippen molar-refractivity contribution in [3.8, 4) is 6.07 Å². The highest BCUT2D eigenvalue weighted by Crippen LogP contribution is 2.13. The largest absolute Gasteiger partial charge is 0.448 e. The number of cyclic esters (lactones) is 1. The maximum atomic E-state index is 11.7. The molecule has 0 bridgehead atoms. The van der Waals surface area contributed by atoms with E-state index < -0.39 is 6.09 Å². The molecule has 6 heteroatoms. The van der Waals surface area contributed by atoms with E-state index in [0.717, 1.165) is 0 Å². The Bertz CT molecular complexity index is 522. The molecule has 1 saturated heterocycles. The number of nitrogens with one attached hydrogen (secondary N) is 1. The predicted molar refractivity (Wildman–Crippen MR) is 62.7 cm³/mol. The predicted octanol–water partition coefficient (Wildman–Crippen LogP) is 0.949. The Kier molecular flexibility index (Phi) is 3.44. The van der Waals surface area contributed by atoms with Crippen molar-refractivity contribution in [3.63, 3.8) is 0 Å². The second-order valence-corrected chi connectivity index (χ2v) is 3.74. The normalized spacial score (nSPS) is 13.9. The highest BCUT2D eigenvalue weighted by molar-refractivity contribution is 5.95. The first-order valence-corrected chi connectivity index (χ1v) is 5.41. The summed E-state index contributed by atoms with van der Waals surface area (Å²) in [4.78, 5) is 24.2. The molecule has 2 rings (SSSR count). The molecule has 0 unspecified atom stereocenters. The van der Waals surface area contributed by atoms with Crippen molar-refractivity contribution in [1.29, 1.82) is 5.26 Å². The van der Waals surface area contributed by atoms with Crippen LogP contribution in [0.2, 0.25) is 0 Å². The van der Waals surface area contributed by atoms with Gasteiger partial charge in [-0.3, -0.25) is 9.69 Å². The lowest BCUT2D eigenvalue weighted by atomic mass is 10.2. The summed E-state index contributed by atoms with van der Waals surface area (Å²) in [7, 11) is 0. The fourth-order valence-corrected chi connectivity index (χ4v) is 1.62.